The standard InChI is InChI=1S/C14H15NSe/c1-12(11-13-7-6-10-15(13)2)16-14-8-4-3-5-9-14/h3-10H,1,11H2,2H3. The molecule has 2 rings (SSSR count). The number of allylic oxidation sites excluding steroid dienone is 1. The van der Waals surface area contributed by atoms with Crippen molar-refractivity contribution < 1.29 is 0 Å². The molecule has 1 aromatic carbocycles. The third kappa shape index (κ3) is 2.88. The van der Waals surface area contributed by atoms with Crippen LogP contribution in [0.1, 0.15) is 5.69 Å². The Balaban J connectivity index is 1.98. The molecule has 2 aromatic rings. The number of hydrogen-bond acceptors (Lipinski definition) is 0. The van der Waals surface area contributed by atoms with Gasteiger partial charge in [-0.1, -0.05) is 0 Å². The molecule has 0 amide bonds. The summed E-state index contributed by atoms with van der Waals surface area (Å²) in [7, 11) is 2.08. The summed E-state index contributed by atoms with van der Waals surface area (Å²) in [5.41, 5.74) is 1.34. The van der Waals surface area contributed by atoms with Gasteiger partial charge in [0.05, 0.1) is 0 Å². The minimum absolute atomic E-state index is 0.380. The van der Waals surface area contributed by atoms with Gasteiger partial charge >= 0.3 is 103 Å². The normalized spacial score (nSPS) is 10.3. The molecule has 0 saturated carbocycles. The molecule has 16 heavy (non-hydrogen) atoms. The third-order valence-corrected chi connectivity index (χ3v) is 4.41. The van der Waals surface area contributed by atoms with Crippen molar-refractivity contribution in [3.63, 3.8) is 0 Å². The molecule has 2 heteroatoms. The summed E-state index contributed by atoms with van der Waals surface area (Å²) in [6.45, 7) is 4.18. The van der Waals surface area contributed by atoms with E-state index >= 15 is 0 Å². The van der Waals surface area contributed by atoms with Crippen molar-refractivity contribution in [2.75, 3.05) is 0 Å². The predicted molar refractivity (Wildman–Crippen MR) is 70.1 cm³/mol. The SMILES string of the molecule is C=C(Cc1cccn1C)[Se]c1ccccc1. The summed E-state index contributed by atoms with van der Waals surface area (Å²) >= 11 is 0.380. The van der Waals surface area contributed by atoms with Gasteiger partial charge in [-0.3, -0.25) is 0 Å². The third-order valence-electron chi connectivity index (χ3n) is 2.44. The van der Waals surface area contributed by atoms with Gasteiger partial charge in [0, 0.05) is 0 Å². The molecule has 0 aliphatic heterocycles. The van der Waals surface area contributed by atoms with Crippen LogP contribution in [0.2, 0.25) is 0 Å². The van der Waals surface area contributed by atoms with Crippen LogP contribution in [0.25, 0.3) is 0 Å². The van der Waals surface area contributed by atoms with Gasteiger partial charge in [-0.25, -0.2) is 0 Å². The molecule has 0 spiro atoms. The van der Waals surface area contributed by atoms with E-state index in [2.05, 4.69) is 66.9 Å². The second kappa shape index (κ2) is 5.20. The van der Waals surface area contributed by atoms with E-state index in [-0.39, 0.29) is 0 Å². The number of nitrogens with zero attached hydrogens (tertiary/aromatic N) is 1. The van der Waals surface area contributed by atoms with Gasteiger partial charge in [-0.05, 0) is 0 Å². The van der Waals surface area contributed by atoms with Crippen molar-refractivity contribution >= 4 is 19.4 Å². The van der Waals surface area contributed by atoms with Crippen molar-refractivity contribution in [1.29, 1.82) is 0 Å². The van der Waals surface area contributed by atoms with E-state index in [1.165, 1.54) is 14.6 Å². The zero-order valence-electron chi connectivity index (χ0n) is 9.39. The molecule has 1 heterocycles. The summed E-state index contributed by atoms with van der Waals surface area (Å²) in [4.78, 5) is 0. The Hall–Kier alpha value is -1.24. The monoisotopic (exact) mass is 277 g/mol. The van der Waals surface area contributed by atoms with Crippen molar-refractivity contribution in [3.8, 4) is 0 Å². The number of rotatable bonds is 4. The molecule has 0 radical (unpaired) electrons. The summed E-state index contributed by atoms with van der Waals surface area (Å²) in [6, 6.07) is 14.8. The quantitative estimate of drug-likeness (QED) is 0.754. The Labute approximate surface area is 103 Å². The number of hydrogen-bond donors (Lipinski definition) is 0. The molecular formula is C14H15NSe. The molecule has 0 atom stereocenters. The minimum atomic E-state index is 0.380. The van der Waals surface area contributed by atoms with Gasteiger partial charge in [-0.2, -0.15) is 0 Å². The average molecular weight is 276 g/mol. The topological polar surface area (TPSA) is 4.93 Å². The van der Waals surface area contributed by atoms with E-state index in [0.717, 1.165) is 6.42 Å². The molecule has 1 aromatic heterocycles. The molecule has 0 fully saturated rings. The van der Waals surface area contributed by atoms with Crippen molar-refractivity contribution in [2.24, 2.45) is 7.05 Å². The molecule has 0 saturated heterocycles. The molecule has 0 bridgehead atoms. The average Bonchev–Trinajstić information content (AvgIpc) is 2.66. The van der Waals surface area contributed by atoms with E-state index in [1.807, 2.05) is 0 Å². The summed E-state index contributed by atoms with van der Waals surface area (Å²) in [6.07, 6.45) is 3.07. The van der Waals surface area contributed by atoms with Crippen LogP contribution in [0.5, 0.6) is 0 Å². The van der Waals surface area contributed by atoms with E-state index < -0.39 is 0 Å². The second-order valence-electron chi connectivity index (χ2n) is 3.74. The van der Waals surface area contributed by atoms with Crippen LogP contribution in [0, 0.1) is 0 Å². The van der Waals surface area contributed by atoms with Gasteiger partial charge in [0.1, 0.15) is 0 Å². The van der Waals surface area contributed by atoms with E-state index in [9.17, 15) is 0 Å². The van der Waals surface area contributed by atoms with Crippen LogP contribution < -0.4 is 4.46 Å². The van der Waals surface area contributed by atoms with Crippen molar-refractivity contribution in [2.45, 2.75) is 6.42 Å². The Bertz CT molecular complexity index is 470. The molecule has 82 valence electrons. The van der Waals surface area contributed by atoms with Gasteiger partial charge < -0.3 is 0 Å². The second-order valence-corrected chi connectivity index (χ2v) is 6.37. The van der Waals surface area contributed by atoms with Gasteiger partial charge in [0.2, 0.25) is 0 Å². The Kier molecular flexibility index (Phi) is 3.66. The zero-order valence-corrected chi connectivity index (χ0v) is 11.1. The Morgan fingerprint density at radius 1 is 1.19 bits per heavy atom. The summed E-state index contributed by atoms with van der Waals surface area (Å²) < 4.78 is 4.88. The number of benzene rings is 1. The Morgan fingerprint density at radius 2 is 1.94 bits per heavy atom. The fourth-order valence-corrected chi connectivity index (χ4v) is 3.35. The predicted octanol–water partition coefficient (Wildman–Crippen LogP) is 2.11. The van der Waals surface area contributed by atoms with Crippen LogP contribution in [0.15, 0.2) is 59.7 Å². The van der Waals surface area contributed by atoms with Crippen molar-refractivity contribution in [3.05, 3.63) is 65.4 Å². The molecule has 0 N–H and O–H groups in total. The van der Waals surface area contributed by atoms with E-state index in [1.54, 1.807) is 0 Å². The van der Waals surface area contributed by atoms with Gasteiger partial charge in [-0.15, -0.1) is 0 Å². The number of aromatic nitrogens is 1. The van der Waals surface area contributed by atoms with Crippen LogP contribution in [-0.2, 0) is 13.5 Å². The first kappa shape index (κ1) is 11.3. The van der Waals surface area contributed by atoms with Gasteiger partial charge in [0.15, 0.2) is 0 Å². The maximum absolute atomic E-state index is 4.18. The van der Waals surface area contributed by atoms with Gasteiger partial charge in [0.25, 0.3) is 0 Å². The molecule has 1 nitrogen and oxygen atoms in total. The maximum atomic E-state index is 4.18. The number of aryl methyl sites for hydroxylation is 1. The first-order valence-electron chi connectivity index (χ1n) is 5.26. The zero-order chi connectivity index (χ0) is 11.4. The molecule has 0 aliphatic carbocycles. The first-order chi connectivity index (χ1) is 7.75. The molecular weight excluding hydrogens is 261 g/mol. The first-order valence-corrected chi connectivity index (χ1v) is 6.98. The fraction of sp³-hybridized carbons (Fsp3) is 0.143. The molecule has 0 unspecified atom stereocenters. The fourth-order valence-electron chi connectivity index (χ4n) is 1.57. The molecule has 0 aliphatic rings. The summed E-state index contributed by atoms with van der Waals surface area (Å²) in [5.74, 6) is 0. The van der Waals surface area contributed by atoms with E-state index in [0.29, 0.717) is 15.0 Å². The van der Waals surface area contributed by atoms with E-state index in [4.69, 9.17) is 0 Å². The van der Waals surface area contributed by atoms with Crippen LogP contribution in [0.3, 0.4) is 0 Å². The summed E-state index contributed by atoms with van der Waals surface area (Å²) in [5, 5.41) is 0. The van der Waals surface area contributed by atoms with Crippen molar-refractivity contribution in [1.82, 2.24) is 4.57 Å². The van der Waals surface area contributed by atoms with Crippen LogP contribution in [0.4, 0.5) is 0 Å². The van der Waals surface area contributed by atoms with Crippen LogP contribution >= 0.6 is 0 Å². The van der Waals surface area contributed by atoms with Crippen LogP contribution in [-0.4, -0.2) is 19.5 Å². The Morgan fingerprint density at radius 3 is 2.56 bits per heavy atom.